The molecule has 3 heteroatoms. The maximum atomic E-state index is 10.9. The van der Waals surface area contributed by atoms with Crippen LogP contribution in [-0.2, 0) is 0 Å². The van der Waals surface area contributed by atoms with Gasteiger partial charge in [-0.2, -0.15) is 0 Å². The van der Waals surface area contributed by atoms with E-state index in [1.807, 2.05) is 13.8 Å². The van der Waals surface area contributed by atoms with Gasteiger partial charge in [0.1, 0.15) is 0 Å². The zero-order chi connectivity index (χ0) is 9.14. The van der Waals surface area contributed by atoms with Gasteiger partial charge in [-0.15, -0.1) is 0 Å². The molecule has 3 nitrogen and oxygen atoms in total. The molecule has 0 aliphatic rings. The second-order valence-electron chi connectivity index (χ2n) is 2.96. The monoisotopic (exact) mass is 164 g/mol. The Bertz CT molecular complexity index is 294. The fourth-order valence-electron chi connectivity index (χ4n) is 1.09. The molecule has 0 saturated heterocycles. The van der Waals surface area contributed by atoms with E-state index >= 15 is 0 Å². The lowest BCUT2D eigenvalue weighted by Crippen LogP contribution is -2.15. The van der Waals surface area contributed by atoms with Gasteiger partial charge in [-0.05, 0) is 18.1 Å². The summed E-state index contributed by atoms with van der Waals surface area (Å²) in [5.41, 5.74) is 6.46. The minimum Gasteiger partial charge on any atom is -0.366 e. The first-order chi connectivity index (χ1) is 5.63. The SMILES string of the molecule is CC(C)c1ncccc1C(N)=O. The highest BCUT2D eigenvalue weighted by Gasteiger charge is 2.10. The van der Waals surface area contributed by atoms with Crippen LogP contribution >= 0.6 is 0 Å². The molecule has 0 aliphatic heterocycles. The van der Waals surface area contributed by atoms with E-state index in [0.29, 0.717) is 5.56 Å². The fourth-order valence-corrected chi connectivity index (χ4v) is 1.09. The van der Waals surface area contributed by atoms with Crippen LogP contribution in [0.5, 0.6) is 0 Å². The van der Waals surface area contributed by atoms with Crippen molar-refractivity contribution in [2.75, 3.05) is 0 Å². The second-order valence-corrected chi connectivity index (χ2v) is 2.96. The summed E-state index contributed by atoms with van der Waals surface area (Å²) >= 11 is 0. The Morgan fingerprint density at radius 1 is 1.58 bits per heavy atom. The molecule has 0 radical (unpaired) electrons. The molecule has 1 amide bonds. The number of rotatable bonds is 2. The molecule has 1 heterocycles. The first-order valence-electron chi connectivity index (χ1n) is 3.87. The number of primary amides is 1. The van der Waals surface area contributed by atoms with Crippen molar-refractivity contribution in [2.45, 2.75) is 19.8 Å². The van der Waals surface area contributed by atoms with E-state index in [1.54, 1.807) is 18.3 Å². The Kier molecular flexibility index (Phi) is 2.43. The van der Waals surface area contributed by atoms with Gasteiger partial charge in [0.05, 0.1) is 11.3 Å². The minimum absolute atomic E-state index is 0.230. The van der Waals surface area contributed by atoms with Crippen LogP contribution in [0.1, 0.15) is 35.8 Å². The van der Waals surface area contributed by atoms with Crippen LogP contribution in [-0.4, -0.2) is 10.9 Å². The van der Waals surface area contributed by atoms with E-state index < -0.39 is 5.91 Å². The van der Waals surface area contributed by atoms with Crippen molar-refractivity contribution in [3.05, 3.63) is 29.6 Å². The van der Waals surface area contributed by atoms with Gasteiger partial charge in [-0.1, -0.05) is 13.8 Å². The number of nitrogens with zero attached hydrogens (tertiary/aromatic N) is 1. The highest BCUT2D eigenvalue weighted by Crippen LogP contribution is 2.15. The van der Waals surface area contributed by atoms with Gasteiger partial charge in [0.2, 0.25) is 0 Å². The van der Waals surface area contributed by atoms with Crippen LogP contribution < -0.4 is 5.73 Å². The number of hydrogen-bond acceptors (Lipinski definition) is 2. The summed E-state index contributed by atoms with van der Waals surface area (Å²) in [6.45, 7) is 3.96. The summed E-state index contributed by atoms with van der Waals surface area (Å²) in [6, 6.07) is 3.41. The molecular weight excluding hydrogens is 152 g/mol. The summed E-state index contributed by atoms with van der Waals surface area (Å²) in [7, 11) is 0. The van der Waals surface area contributed by atoms with E-state index in [2.05, 4.69) is 4.98 Å². The maximum absolute atomic E-state index is 10.9. The quantitative estimate of drug-likeness (QED) is 0.716. The molecule has 0 aliphatic carbocycles. The van der Waals surface area contributed by atoms with Crippen molar-refractivity contribution in [3.63, 3.8) is 0 Å². The Morgan fingerprint density at radius 3 is 2.67 bits per heavy atom. The van der Waals surface area contributed by atoms with Crippen molar-refractivity contribution < 1.29 is 4.79 Å². The largest absolute Gasteiger partial charge is 0.366 e. The lowest BCUT2D eigenvalue weighted by Gasteiger charge is -2.07. The molecule has 0 aromatic carbocycles. The number of hydrogen-bond donors (Lipinski definition) is 1. The summed E-state index contributed by atoms with van der Waals surface area (Å²) in [5.74, 6) is -0.180. The molecule has 0 atom stereocenters. The summed E-state index contributed by atoms with van der Waals surface area (Å²) in [5, 5.41) is 0. The van der Waals surface area contributed by atoms with Crippen LogP contribution in [0.15, 0.2) is 18.3 Å². The van der Waals surface area contributed by atoms with Crippen LogP contribution in [0.2, 0.25) is 0 Å². The zero-order valence-corrected chi connectivity index (χ0v) is 7.24. The molecule has 0 bridgehead atoms. The Hall–Kier alpha value is -1.38. The topological polar surface area (TPSA) is 56.0 Å². The molecule has 64 valence electrons. The Balaban J connectivity index is 3.17. The number of pyridine rings is 1. The number of carbonyl (C=O) groups is 1. The molecule has 0 unspecified atom stereocenters. The van der Waals surface area contributed by atoms with Gasteiger partial charge in [0.25, 0.3) is 5.91 Å². The number of carbonyl (C=O) groups excluding carboxylic acids is 1. The predicted molar refractivity (Wildman–Crippen MR) is 46.8 cm³/mol. The fraction of sp³-hybridized carbons (Fsp3) is 0.333. The molecule has 1 aromatic heterocycles. The van der Waals surface area contributed by atoms with Gasteiger partial charge in [0, 0.05) is 6.20 Å². The lowest BCUT2D eigenvalue weighted by molar-refractivity contribution is 0.0998. The highest BCUT2D eigenvalue weighted by atomic mass is 16.1. The standard InChI is InChI=1S/C9H12N2O/c1-6(2)8-7(9(10)12)4-3-5-11-8/h3-6H,1-2H3,(H2,10,12). The first kappa shape index (κ1) is 8.71. The average molecular weight is 164 g/mol. The molecule has 0 spiro atoms. The smallest absolute Gasteiger partial charge is 0.250 e. The van der Waals surface area contributed by atoms with Gasteiger partial charge < -0.3 is 5.73 Å². The zero-order valence-electron chi connectivity index (χ0n) is 7.24. The number of nitrogens with two attached hydrogens (primary N) is 1. The van der Waals surface area contributed by atoms with Gasteiger partial charge in [-0.3, -0.25) is 9.78 Å². The molecule has 1 aromatic rings. The van der Waals surface area contributed by atoms with Crippen molar-refractivity contribution in [1.29, 1.82) is 0 Å². The van der Waals surface area contributed by atoms with E-state index in [0.717, 1.165) is 5.69 Å². The summed E-state index contributed by atoms with van der Waals surface area (Å²) in [4.78, 5) is 15.0. The summed E-state index contributed by atoms with van der Waals surface area (Å²) < 4.78 is 0. The van der Waals surface area contributed by atoms with Crippen molar-refractivity contribution >= 4 is 5.91 Å². The van der Waals surface area contributed by atoms with Crippen LogP contribution in [0.3, 0.4) is 0 Å². The third-order valence-corrected chi connectivity index (χ3v) is 1.65. The predicted octanol–water partition coefficient (Wildman–Crippen LogP) is 1.30. The minimum atomic E-state index is -0.410. The van der Waals surface area contributed by atoms with E-state index in [1.165, 1.54) is 0 Å². The van der Waals surface area contributed by atoms with Crippen LogP contribution in [0, 0.1) is 0 Å². The number of amides is 1. The van der Waals surface area contributed by atoms with E-state index in [9.17, 15) is 4.79 Å². The van der Waals surface area contributed by atoms with Gasteiger partial charge in [0.15, 0.2) is 0 Å². The molecule has 0 fully saturated rings. The molecule has 2 N–H and O–H groups in total. The molecular formula is C9H12N2O. The van der Waals surface area contributed by atoms with E-state index in [-0.39, 0.29) is 5.92 Å². The third-order valence-electron chi connectivity index (χ3n) is 1.65. The molecule has 0 saturated carbocycles. The third kappa shape index (κ3) is 1.61. The van der Waals surface area contributed by atoms with Crippen molar-refractivity contribution in [1.82, 2.24) is 4.98 Å². The van der Waals surface area contributed by atoms with Gasteiger partial charge in [-0.25, -0.2) is 0 Å². The molecule has 12 heavy (non-hydrogen) atoms. The maximum Gasteiger partial charge on any atom is 0.250 e. The van der Waals surface area contributed by atoms with E-state index in [4.69, 9.17) is 5.73 Å². The van der Waals surface area contributed by atoms with Crippen LogP contribution in [0.25, 0.3) is 0 Å². The number of aromatic nitrogens is 1. The lowest BCUT2D eigenvalue weighted by atomic mass is 10.0. The Labute approximate surface area is 71.6 Å². The Morgan fingerprint density at radius 2 is 2.25 bits per heavy atom. The van der Waals surface area contributed by atoms with Gasteiger partial charge >= 0.3 is 0 Å². The second kappa shape index (κ2) is 3.34. The average Bonchev–Trinajstić information content (AvgIpc) is 2.04. The normalized spacial score (nSPS) is 10.2. The first-order valence-corrected chi connectivity index (χ1v) is 3.87. The highest BCUT2D eigenvalue weighted by molar-refractivity contribution is 5.93. The van der Waals surface area contributed by atoms with Crippen molar-refractivity contribution in [2.24, 2.45) is 5.73 Å². The molecule has 1 rings (SSSR count). The van der Waals surface area contributed by atoms with Crippen LogP contribution in [0.4, 0.5) is 0 Å². The summed E-state index contributed by atoms with van der Waals surface area (Å²) in [6.07, 6.45) is 1.67. The van der Waals surface area contributed by atoms with Crippen molar-refractivity contribution in [3.8, 4) is 0 Å².